The van der Waals surface area contributed by atoms with Crippen molar-refractivity contribution in [1.82, 2.24) is 5.32 Å². The molecule has 0 aromatic carbocycles. The standard InChI is InChI=1S/C15H27NO2/c1-18-15(17)14-11-13(9-10-16-14)8-7-12-5-3-2-4-6-12/h12-14,16H,2-11H2,1H3. The zero-order valence-corrected chi connectivity index (χ0v) is 11.6. The number of hydrogen-bond acceptors (Lipinski definition) is 3. The number of hydrogen-bond donors (Lipinski definition) is 1. The summed E-state index contributed by atoms with van der Waals surface area (Å²) in [5, 5.41) is 3.26. The monoisotopic (exact) mass is 253 g/mol. The molecular weight excluding hydrogens is 226 g/mol. The minimum Gasteiger partial charge on any atom is -0.468 e. The molecule has 1 heterocycles. The average Bonchev–Trinajstić information content (AvgIpc) is 2.45. The predicted octanol–water partition coefficient (Wildman–Crippen LogP) is 2.89. The van der Waals surface area contributed by atoms with Crippen LogP contribution in [0.4, 0.5) is 0 Å². The van der Waals surface area contributed by atoms with Crippen LogP contribution in [-0.2, 0) is 9.53 Å². The Labute approximate surface area is 111 Å². The van der Waals surface area contributed by atoms with Crippen LogP contribution in [0, 0.1) is 11.8 Å². The predicted molar refractivity (Wildman–Crippen MR) is 72.3 cm³/mol. The molecule has 2 rings (SSSR count). The van der Waals surface area contributed by atoms with Gasteiger partial charge in [0.2, 0.25) is 0 Å². The molecule has 1 saturated carbocycles. The van der Waals surface area contributed by atoms with Crippen molar-refractivity contribution in [2.45, 2.75) is 63.8 Å². The minimum atomic E-state index is -0.0858. The van der Waals surface area contributed by atoms with Crippen molar-refractivity contribution in [3.63, 3.8) is 0 Å². The fraction of sp³-hybridized carbons (Fsp3) is 0.933. The molecule has 1 aliphatic heterocycles. The first-order valence-corrected chi connectivity index (χ1v) is 7.61. The van der Waals surface area contributed by atoms with Crippen molar-refractivity contribution >= 4 is 5.97 Å². The number of rotatable bonds is 4. The third kappa shape index (κ3) is 3.98. The van der Waals surface area contributed by atoms with Gasteiger partial charge in [0.05, 0.1) is 7.11 Å². The molecule has 3 heteroatoms. The van der Waals surface area contributed by atoms with E-state index in [1.54, 1.807) is 0 Å². The first-order chi connectivity index (χ1) is 8.79. The molecule has 0 aromatic rings. The molecule has 0 amide bonds. The van der Waals surface area contributed by atoms with E-state index in [2.05, 4.69) is 5.32 Å². The molecule has 1 N–H and O–H groups in total. The van der Waals surface area contributed by atoms with Gasteiger partial charge in [-0.2, -0.15) is 0 Å². The van der Waals surface area contributed by atoms with Gasteiger partial charge in [-0.25, -0.2) is 0 Å². The highest BCUT2D eigenvalue weighted by atomic mass is 16.5. The SMILES string of the molecule is COC(=O)C1CC(CCC2CCCCC2)CCN1. The maximum Gasteiger partial charge on any atom is 0.322 e. The Hall–Kier alpha value is -0.570. The Kier molecular flexibility index (Phi) is 5.48. The molecule has 3 nitrogen and oxygen atoms in total. The Bertz CT molecular complexity index is 261. The van der Waals surface area contributed by atoms with Gasteiger partial charge < -0.3 is 10.1 Å². The Balaban J connectivity index is 1.70. The molecule has 104 valence electrons. The second kappa shape index (κ2) is 7.13. The second-order valence-electron chi connectivity index (χ2n) is 6.00. The molecule has 2 fully saturated rings. The third-order valence-corrected chi connectivity index (χ3v) is 4.71. The van der Waals surface area contributed by atoms with E-state index in [1.807, 2.05) is 0 Å². The van der Waals surface area contributed by atoms with Crippen LogP contribution in [-0.4, -0.2) is 25.7 Å². The lowest BCUT2D eigenvalue weighted by molar-refractivity contribution is -0.144. The molecule has 0 radical (unpaired) electrons. The van der Waals surface area contributed by atoms with E-state index < -0.39 is 0 Å². The van der Waals surface area contributed by atoms with Gasteiger partial charge in [0.15, 0.2) is 0 Å². The second-order valence-corrected chi connectivity index (χ2v) is 6.00. The highest BCUT2D eigenvalue weighted by molar-refractivity contribution is 5.75. The topological polar surface area (TPSA) is 38.3 Å². The quantitative estimate of drug-likeness (QED) is 0.783. The number of esters is 1. The Morgan fingerprint density at radius 3 is 2.56 bits per heavy atom. The van der Waals surface area contributed by atoms with Gasteiger partial charge in [-0.1, -0.05) is 44.9 Å². The maximum absolute atomic E-state index is 11.5. The lowest BCUT2D eigenvalue weighted by atomic mass is 9.81. The van der Waals surface area contributed by atoms with E-state index in [0.717, 1.165) is 24.8 Å². The van der Waals surface area contributed by atoms with Crippen LogP contribution >= 0.6 is 0 Å². The number of carbonyl (C=O) groups excluding carboxylic acids is 1. The van der Waals surface area contributed by atoms with Crippen LogP contribution in [0.15, 0.2) is 0 Å². The van der Waals surface area contributed by atoms with Gasteiger partial charge in [-0.15, -0.1) is 0 Å². The van der Waals surface area contributed by atoms with E-state index in [9.17, 15) is 4.79 Å². The first kappa shape index (κ1) is 13.9. The van der Waals surface area contributed by atoms with Gasteiger partial charge in [-0.05, 0) is 31.2 Å². The first-order valence-electron chi connectivity index (χ1n) is 7.61. The summed E-state index contributed by atoms with van der Waals surface area (Å²) in [6.45, 7) is 0.967. The van der Waals surface area contributed by atoms with Crippen molar-refractivity contribution in [2.75, 3.05) is 13.7 Å². The number of methoxy groups -OCH3 is 1. The van der Waals surface area contributed by atoms with Crippen LogP contribution in [0.1, 0.15) is 57.8 Å². The molecule has 2 unspecified atom stereocenters. The summed E-state index contributed by atoms with van der Waals surface area (Å²) in [7, 11) is 1.48. The fourth-order valence-electron chi connectivity index (χ4n) is 3.53. The van der Waals surface area contributed by atoms with E-state index in [-0.39, 0.29) is 12.0 Å². The van der Waals surface area contributed by atoms with Crippen molar-refractivity contribution in [3.8, 4) is 0 Å². The normalized spacial score (nSPS) is 30.1. The van der Waals surface area contributed by atoms with Crippen LogP contribution in [0.3, 0.4) is 0 Å². The maximum atomic E-state index is 11.5. The van der Waals surface area contributed by atoms with Crippen molar-refractivity contribution < 1.29 is 9.53 Å². The minimum absolute atomic E-state index is 0.0555. The lowest BCUT2D eigenvalue weighted by Crippen LogP contribution is -2.44. The summed E-state index contributed by atoms with van der Waals surface area (Å²) in [6.07, 6.45) is 12.0. The molecule has 0 spiro atoms. The third-order valence-electron chi connectivity index (χ3n) is 4.71. The largest absolute Gasteiger partial charge is 0.468 e. The molecule has 0 bridgehead atoms. The molecule has 2 aliphatic rings. The molecule has 1 aliphatic carbocycles. The van der Waals surface area contributed by atoms with Crippen LogP contribution < -0.4 is 5.32 Å². The summed E-state index contributed by atoms with van der Waals surface area (Å²) in [4.78, 5) is 11.5. The number of carbonyl (C=O) groups is 1. The molecular formula is C15H27NO2. The van der Waals surface area contributed by atoms with E-state index >= 15 is 0 Å². The lowest BCUT2D eigenvalue weighted by Gasteiger charge is -2.30. The summed E-state index contributed by atoms with van der Waals surface area (Å²) >= 11 is 0. The molecule has 1 saturated heterocycles. The molecule has 2 atom stereocenters. The summed E-state index contributed by atoms with van der Waals surface area (Å²) in [6, 6.07) is -0.0555. The van der Waals surface area contributed by atoms with E-state index in [1.165, 1.54) is 58.5 Å². The van der Waals surface area contributed by atoms with Crippen molar-refractivity contribution in [3.05, 3.63) is 0 Å². The van der Waals surface area contributed by atoms with Crippen LogP contribution in [0.5, 0.6) is 0 Å². The van der Waals surface area contributed by atoms with E-state index in [0.29, 0.717) is 0 Å². The zero-order valence-electron chi connectivity index (χ0n) is 11.6. The van der Waals surface area contributed by atoms with Gasteiger partial charge in [0.25, 0.3) is 0 Å². The van der Waals surface area contributed by atoms with Crippen LogP contribution in [0.2, 0.25) is 0 Å². The average molecular weight is 253 g/mol. The van der Waals surface area contributed by atoms with Crippen LogP contribution in [0.25, 0.3) is 0 Å². The number of piperidine rings is 1. The highest BCUT2D eigenvalue weighted by Crippen LogP contribution is 2.31. The van der Waals surface area contributed by atoms with Gasteiger partial charge in [0, 0.05) is 0 Å². The van der Waals surface area contributed by atoms with Gasteiger partial charge in [0.1, 0.15) is 6.04 Å². The molecule has 0 aromatic heterocycles. The Morgan fingerprint density at radius 1 is 1.11 bits per heavy atom. The Morgan fingerprint density at radius 2 is 1.83 bits per heavy atom. The summed E-state index contributed by atoms with van der Waals surface area (Å²) in [5.74, 6) is 1.60. The fourth-order valence-corrected chi connectivity index (χ4v) is 3.53. The smallest absolute Gasteiger partial charge is 0.322 e. The number of nitrogens with one attached hydrogen (secondary N) is 1. The van der Waals surface area contributed by atoms with Gasteiger partial charge in [-0.3, -0.25) is 4.79 Å². The van der Waals surface area contributed by atoms with E-state index in [4.69, 9.17) is 4.74 Å². The molecule has 18 heavy (non-hydrogen) atoms. The van der Waals surface area contributed by atoms with Gasteiger partial charge >= 0.3 is 5.97 Å². The van der Waals surface area contributed by atoms with Crippen molar-refractivity contribution in [1.29, 1.82) is 0 Å². The summed E-state index contributed by atoms with van der Waals surface area (Å²) in [5.41, 5.74) is 0. The summed E-state index contributed by atoms with van der Waals surface area (Å²) < 4.78 is 4.83. The zero-order chi connectivity index (χ0) is 12.8. The van der Waals surface area contributed by atoms with Crippen molar-refractivity contribution in [2.24, 2.45) is 11.8 Å². The highest BCUT2D eigenvalue weighted by Gasteiger charge is 2.27. The number of ether oxygens (including phenoxy) is 1.